The van der Waals surface area contributed by atoms with Crippen molar-refractivity contribution in [2.75, 3.05) is 32.7 Å². The van der Waals surface area contributed by atoms with Gasteiger partial charge in [-0.2, -0.15) is 0 Å². The van der Waals surface area contributed by atoms with Crippen LogP contribution in [0.15, 0.2) is 0 Å². The molecular weight excluding hydrogens is 216 g/mol. The molecule has 2 unspecified atom stereocenters. The number of rotatable bonds is 2. The van der Waals surface area contributed by atoms with E-state index in [1.807, 2.05) is 0 Å². The topological polar surface area (TPSA) is 68.6 Å². The van der Waals surface area contributed by atoms with Gasteiger partial charge in [-0.25, -0.2) is 15.4 Å². The lowest BCUT2D eigenvalue weighted by Crippen LogP contribution is -2.72. The van der Waals surface area contributed by atoms with Crippen LogP contribution in [0.25, 0.3) is 0 Å². The van der Waals surface area contributed by atoms with Gasteiger partial charge >= 0.3 is 0 Å². The van der Waals surface area contributed by atoms with Crippen molar-refractivity contribution in [1.29, 1.82) is 0 Å². The van der Waals surface area contributed by atoms with Crippen LogP contribution in [0.3, 0.4) is 0 Å². The lowest BCUT2D eigenvalue weighted by molar-refractivity contribution is -0.0103. The smallest absolute Gasteiger partial charge is 0.0868 e. The van der Waals surface area contributed by atoms with E-state index >= 15 is 0 Å². The van der Waals surface area contributed by atoms with Crippen molar-refractivity contribution in [3.05, 3.63) is 0 Å². The number of nitrogens with one attached hydrogen (secondary N) is 3. The van der Waals surface area contributed by atoms with E-state index in [1.165, 1.54) is 6.42 Å². The van der Waals surface area contributed by atoms with E-state index in [2.05, 4.69) is 33.0 Å². The molecule has 2 atom stereocenters. The first kappa shape index (κ1) is 11.8. The van der Waals surface area contributed by atoms with Gasteiger partial charge in [0.2, 0.25) is 0 Å². The maximum absolute atomic E-state index is 6.27. The van der Waals surface area contributed by atoms with E-state index in [-0.39, 0.29) is 5.54 Å². The molecule has 0 saturated carbocycles. The third-order valence-corrected chi connectivity index (χ3v) is 4.49. The molecule has 1 spiro atoms. The number of nitrogens with two attached hydrogens (primary N) is 1. The highest BCUT2D eigenvalue weighted by Gasteiger charge is 2.49. The Morgan fingerprint density at radius 2 is 2.18 bits per heavy atom. The van der Waals surface area contributed by atoms with Crippen LogP contribution in [0, 0.1) is 0 Å². The van der Waals surface area contributed by atoms with Gasteiger partial charge in [-0.1, -0.05) is 0 Å². The van der Waals surface area contributed by atoms with Crippen LogP contribution in [0.4, 0.5) is 0 Å². The van der Waals surface area contributed by atoms with Gasteiger partial charge < -0.3 is 10.6 Å². The van der Waals surface area contributed by atoms with E-state index in [4.69, 9.17) is 5.84 Å². The summed E-state index contributed by atoms with van der Waals surface area (Å²) in [4.78, 5) is 0. The van der Waals surface area contributed by atoms with Gasteiger partial charge in [0.05, 0.1) is 11.7 Å². The van der Waals surface area contributed by atoms with Crippen LogP contribution in [0.5, 0.6) is 0 Å². The summed E-state index contributed by atoms with van der Waals surface area (Å²) >= 11 is 0. The molecule has 0 amide bonds. The number of piperazine rings is 1. The number of hydrogen-bond acceptors (Lipinski definition) is 6. The zero-order chi connectivity index (χ0) is 11.9. The van der Waals surface area contributed by atoms with Crippen molar-refractivity contribution in [1.82, 2.24) is 26.1 Å². The minimum absolute atomic E-state index is 0.231. The molecule has 3 fully saturated rings. The summed E-state index contributed by atoms with van der Waals surface area (Å²) in [7, 11) is 0. The molecule has 6 heteroatoms. The maximum atomic E-state index is 6.27. The summed E-state index contributed by atoms with van der Waals surface area (Å²) in [5.74, 6) is 6.27. The molecule has 17 heavy (non-hydrogen) atoms. The molecule has 3 rings (SSSR count). The minimum Gasteiger partial charge on any atom is -0.314 e. The summed E-state index contributed by atoms with van der Waals surface area (Å²) < 4.78 is 0. The quantitative estimate of drug-likeness (QED) is 0.437. The first-order valence-corrected chi connectivity index (χ1v) is 6.70. The summed E-state index contributed by atoms with van der Waals surface area (Å²) in [5.41, 5.74) is 3.84. The Morgan fingerprint density at radius 1 is 1.35 bits per heavy atom. The fourth-order valence-electron chi connectivity index (χ4n) is 3.13. The second-order valence-corrected chi connectivity index (χ2v) is 5.67. The fraction of sp³-hybridized carbons (Fsp3) is 1.00. The van der Waals surface area contributed by atoms with Gasteiger partial charge in [0, 0.05) is 38.8 Å². The molecule has 0 aromatic heterocycles. The zero-order valence-electron chi connectivity index (χ0n) is 10.6. The Balaban J connectivity index is 1.58. The monoisotopic (exact) mass is 240 g/mol. The van der Waals surface area contributed by atoms with Crippen molar-refractivity contribution in [2.45, 2.75) is 37.5 Å². The number of nitrogens with zero attached hydrogens (tertiary/aromatic N) is 2. The highest BCUT2D eigenvalue weighted by atomic mass is 15.6. The molecule has 0 radical (unpaired) electrons. The standard InChI is InChI=1S/C11H24N6/c1-9-6-13-4-5-16(9)15-10-2-3-11(17(10)12)7-14-8-11/h9-10,13-15H,2-8,12H2,1H3. The van der Waals surface area contributed by atoms with E-state index in [1.54, 1.807) is 0 Å². The maximum Gasteiger partial charge on any atom is 0.0868 e. The zero-order valence-corrected chi connectivity index (χ0v) is 10.6. The Bertz CT molecular complexity index is 279. The number of hydrogen-bond donors (Lipinski definition) is 4. The molecule has 0 aromatic carbocycles. The van der Waals surface area contributed by atoms with Gasteiger partial charge in [-0.3, -0.25) is 5.84 Å². The molecule has 5 N–H and O–H groups in total. The summed E-state index contributed by atoms with van der Waals surface area (Å²) in [6, 6.07) is 0.535. The molecular formula is C11H24N6. The molecule has 0 aromatic rings. The summed E-state index contributed by atoms with van der Waals surface area (Å²) in [6.07, 6.45) is 2.65. The van der Waals surface area contributed by atoms with Crippen LogP contribution < -0.4 is 21.9 Å². The van der Waals surface area contributed by atoms with E-state index in [9.17, 15) is 0 Å². The van der Waals surface area contributed by atoms with E-state index in [0.29, 0.717) is 12.2 Å². The second kappa shape index (κ2) is 4.46. The highest BCUT2D eigenvalue weighted by Crippen LogP contribution is 2.33. The van der Waals surface area contributed by atoms with Gasteiger partial charge in [0.25, 0.3) is 0 Å². The van der Waals surface area contributed by atoms with E-state index < -0.39 is 0 Å². The first-order valence-electron chi connectivity index (χ1n) is 6.70. The Kier molecular flexibility index (Phi) is 3.10. The van der Waals surface area contributed by atoms with Gasteiger partial charge in [0.1, 0.15) is 0 Å². The predicted octanol–water partition coefficient (Wildman–Crippen LogP) is -1.58. The lowest BCUT2D eigenvalue weighted by Gasteiger charge is -2.46. The molecule has 3 aliphatic heterocycles. The SMILES string of the molecule is CC1CNCCN1NC1CCC2(CNC2)N1N. The minimum atomic E-state index is 0.231. The fourth-order valence-corrected chi connectivity index (χ4v) is 3.13. The molecule has 3 heterocycles. The van der Waals surface area contributed by atoms with Crippen LogP contribution in [-0.4, -0.2) is 60.5 Å². The average Bonchev–Trinajstić information content (AvgIpc) is 2.60. The molecule has 3 saturated heterocycles. The Hall–Kier alpha value is -0.240. The molecule has 98 valence electrons. The van der Waals surface area contributed by atoms with E-state index in [0.717, 1.165) is 39.1 Å². The Labute approximate surface area is 103 Å². The van der Waals surface area contributed by atoms with Crippen LogP contribution in [-0.2, 0) is 0 Å². The molecule has 6 nitrogen and oxygen atoms in total. The third-order valence-electron chi connectivity index (χ3n) is 4.49. The Morgan fingerprint density at radius 3 is 2.76 bits per heavy atom. The molecule has 0 bridgehead atoms. The summed E-state index contributed by atoms with van der Waals surface area (Å²) in [5, 5.41) is 11.1. The van der Waals surface area contributed by atoms with Crippen LogP contribution >= 0.6 is 0 Å². The van der Waals surface area contributed by atoms with Crippen molar-refractivity contribution < 1.29 is 0 Å². The van der Waals surface area contributed by atoms with Crippen molar-refractivity contribution in [3.63, 3.8) is 0 Å². The van der Waals surface area contributed by atoms with Gasteiger partial charge in [-0.05, 0) is 19.8 Å². The first-order chi connectivity index (χ1) is 8.21. The largest absolute Gasteiger partial charge is 0.314 e. The molecule has 0 aliphatic carbocycles. The lowest BCUT2D eigenvalue weighted by atomic mass is 9.91. The van der Waals surface area contributed by atoms with Crippen molar-refractivity contribution in [2.24, 2.45) is 5.84 Å². The van der Waals surface area contributed by atoms with Gasteiger partial charge in [0.15, 0.2) is 0 Å². The normalized spacial score (nSPS) is 38.5. The predicted molar refractivity (Wildman–Crippen MR) is 66.8 cm³/mol. The van der Waals surface area contributed by atoms with Crippen molar-refractivity contribution in [3.8, 4) is 0 Å². The highest BCUT2D eigenvalue weighted by molar-refractivity contribution is 5.06. The summed E-state index contributed by atoms with van der Waals surface area (Å²) in [6.45, 7) is 7.49. The number of hydrazine groups is 2. The van der Waals surface area contributed by atoms with Crippen LogP contribution in [0.2, 0.25) is 0 Å². The molecule has 3 aliphatic rings. The average molecular weight is 240 g/mol. The third kappa shape index (κ3) is 1.99. The van der Waals surface area contributed by atoms with Crippen molar-refractivity contribution >= 4 is 0 Å². The second-order valence-electron chi connectivity index (χ2n) is 5.67. The van der Waals surface area contributed by atoms with Crippen LogP contribution in [0.1, 0.15) is 19.8 Å². The van der Waals surface area contributed by atoms with Gasteiger partial charge in [-0.15, -0.1) is 0 Å².